The number of hydrogen-bond acceptors (Lipinski definition) is 4. The fraction of sp³-hybridized carbons (Fsp3) is 0.429. The van der Waals surface area contributed by atoms with E-state index in [4.69, 9.17) is 11.6 Å². The lowest BCUT2D eigenvalue weighted by atomic mass is 10.1. The van der Waals surface area contributed by atoms with Crippen LogP contribution in [0.4, 0.5) is 5.69 Å². The average Bonchev–Trinajstić information content (AvgIpc) is 2.38. The first-order chi connectivity index (χ1) is 9.43. The maximum absolute atomic E-state index is 11.8. The molecular formula is C14H18ClNO3S. The number of amides is 1. The van der Waals surface area contributed by atoms with Crippen LogP contribution in [-0.2, 0) is 14.3 Å². The second-order valence-electron chi connectivity index (χ2n) is 4.37. The number of anilines is 1. The van der Waals surface area contributed by atoms with Crippen molar-refractivity contribution in [1.29, 1.82) is 0 Å². The Bertz CT molecular complexity index is 482. The smallest absolute Gasteiger partial charge is 0.306 e. The van der Waals surface area contributed by atoms with Crippen molar-refractivity contribution in [2.75, 3.05) is 23.9 Å². The van der Waals surface area contributed by atoms with Crippen LogP contribution in [-0.4, -0.2) is 30.5 Å². The Morgan fingerprint density at radius 2 is 2.05 bits per heavy atom. The number of thioether (sulfide) groups is 1. The molecule has 4 nitrogen and oxygen atoms in total. The van der Waals surface area contributed by atoms with E-state index in [1.807, 2.05) is 26.0 Å². The number of esters is 1. The second kappa shape index (κ2) is 8.17. The molecule has 1 amide bonds. The summed E-state index contributed by atoms with van der Waals surface area (Å²) in [7, 11) is 1.35. The minimum atomic E-state index is -0.268. The van der Waals surface area contributed by atoms with E-state index >= 15 is 0 Å². The standard InChI is InChI=1S/C14H18ClNO3S/c1-9-6-10(2)14(11(15)7-9)16-12(17)8-20-5-4-13(18)19-3/h6-7H,4-5,8H2,1-3H3,(H,16,17). The van der Waals surface area contributed by atoms with Gasteiger partial charge in [0.2, 0.25) is 5.91 Å². The SMILES string of the molecule is COC(=O)CCSCC(=O)Nc1c(C)cc(C)cc1Cl. The highest BCUT2D eigenvalue weighted by atomic mass is 35.5. The highest BCUT2D eigenvalue weighted by molar-refractivity contribution is 7.99. The van der Waals surface area contributed by atoms with Gasteiger partial charge in [-0.3, -0.25) is 9.59 Å². The second-order valence-corrected chi connectivity index (χ2v) is 5.88. The first kappa shape index (κ1) is 16.9. The molecule has 1 N–H and O–H groups in total. The Kier molecular flexibility index (Phi) is 6.88. The molecule has 1 rings (SSSR count). The Morgan fingerprint density at radius 1 is 1.35 bits per heavy atom. The van der Waals surface area contributed by atoms with E-state index in [9.17, 15) is 9.59 Å². The highest BCUT2D eigenvalue weighted by Gasteiger charge is 2.10. The number of aryl methyl sites for hydroxylation is 2. The summed E-state index contributed by atoms with van der Waals surface area (Å²) < 4.78 is 4.53. The molecule has 0 unspecified atom stereocenters. The van der Waals surface area contributed by atoms with E-state index in [1.54, 1.807) is 0 Å². The largest absolute Gasteiger partial charge is 0.469 e. The third kappa shape index (κ3) is 5.43. The Balaban J connectivity index is 2.45. The molecular weight excluding hydrogens is 298 g/mol. The molecule has 0 heterocycles. The van der Waals surface area contributed by atoms with Crippen molar-refractivity contribution in [3.63, 3.8) is 0 Å². The molecule has 0 aliphatic rings. The summed E-state index contributed by atoms with van der Waals surface area (Å²) >= 11 is 7.50. The molecule has 0 fully saturated rings. The zero-order chi connectivity index (χ0) is 15.1. The van der Waals surface area contributed by atoms with Gasteiger partial charge in [0.05, 0.1) is 30.0 Å². The lowest BCUT2D eigenvalue weighted by Gasteiger charge is -2.11. The van der Waals surface area contributed by atoms with Gasteiger partial charge in [-0.1, -0.05) is 17.7 Å². The van der Waals surface area contributed by atoms with Crippen LogP contribution in [0.15, 0.2) is 12.1 Å². The Hall–Kier alpha value is -1.20. The Labute approximate surface area is 128 Å². The highest BCUT2D eigenvalue weighted by Crippen LogP contribution is 2.27. The average molecular weight is 316 g/mol. The van der Waals surface area contributed by atoms with Crippen LogP contribution in [0, 0.1) is 13.8 Å². The topological polar surface area (TPSA) is 55.4 Å². The monoisotopic (exact) mass is 315 g/mol. The number of rotatable bonds is 6. The third-order valence-electron chi connectivity index (χ3n) is 2.61. The lowest BCUT2D eigenvalue weighted by Crippen LogP contribution is -2.16. The summed E-state index contributed by atoms with van der Waals surface area (Å²) in [5.41, 5.74) is 2.64. The number of carbonyl (C=O) groups excluding carboxylic acids is 2. The predicted molar refractivity (Wildman–Crippen MR) is 83.5 cm³/mol. The van der Waals surface area contributed by atoms with E-state index in [1.165, 1.54) is 18.9 Å². The molecule has 0 saturated heterocycles. The zero-order valence-corrected chi connectivity index (χ0v) is 13.4. The van der Waals surface area contributed by atoms with Crippen LogP contribution in [0.25, 0.3) is 0 Å². The number of carbonyl (C=O) groups is 2. The molecule has 0 saturated carbocycles. The number of ether oxygens (including phenoxy) is 1. The number of benzene rings is 1. The molecule has 0 aliphatic carbocycles. The van der Waals surface area contributed by atoms with Gasteiger partial charge >= 0.3 is 5.97 Å². The van der Waals surface area contributed by atoms with E-state index in [-0.39, 0.29) is 17.6 Å². The number of nitrogens with one attached hydrogen (secondary N) is 1. The molecule has 0 spiro atoms. The maximum Gasteiger partial charge on any atom is 0.306 e. The summed E-state index contributed by atoms with van der Waals surface area (Å²) in [6, 6.07) is 3.78. The first-order valence-corrected chi connectivity index (χ1v) is 7.68. The molecule has 0 bridgehead atoms. The molecule has 0 aliphatic heterocycles. The number of methoxy groups -OCH3 is 1. The van der Waals surface area contributed by atoms with Crippen molar-refractivity contribution in [3.8, 4) is 0 Å². The molecule has 1 aromatic rings. The summed E-state index contributed by atoms with van der Waals surface area (Å²) in [5, 5.41) is 3.34. The lowest BCUT2D eigenvalue weighted by molar-refractivity contribution is -0.140. The van der Waals surface area contributed by atoms with E-state index in [0.29, 0.717) is 22.9 Å². The fourth-order valence-corrected chi connectivity index (χ4v) is 2.75. The van der Waals surface area contributed by atoms with Gasteiger partial charge in [-0.2, -0.15) is 11.8 Å². The van der Waals surface area contributed by atoms with Crippen LogP contribution in [0.3, 0.4) is 0 Å². The predicted octanol–water partition coefficient (Wildman–Crippen LogP) is 3.19. The zero-order valence-electron chi connectivity index (χ0n) is 11.8. The molecule has 0 aromatic heterocycles. The van der Waals surface area contributed by atoms with Gasteiger partial charge in [0.1, 0.15) is 0 Å². The quantitative estimate of drug-likeness (QED) is 0.647. The maximum atomic E-state index is 11.8. The van der Waals surface area contributed by atoms with Gasteiger partial charge < -0.3 is 10.1 Å². The summed E-state index contributed by atoms with van der Waals surface area (Å²) in [5.74, 6) is 0.436. The van der Waals surface area contributed by atoms with Gasteiger partial charge in [-0.05, 0) is 31.0 Å². The van der Waals surface area contributed by atoms with E-state index in [0.717, 1.165) is 11.1 Å². The van der Waals surface area contributed by atoms with Gasteiger partial charge in [0.15, 0.2) is 0 Å². The van der Waals surface area contributed by atoms with Crippen molar-refractivity contribution >= 4 is 40.9 Å². The van der Waals surface area contributed by atoms with Crippen molar-refractivity contribution in [1.82, 2.24) is 0 Å². The molecule has 110 valence electrons. The molecule has 6 heteroatoms. The van der Waals surface area contributed by atoms with Crippen LogP contribution in [0.2, 0.25) is 5.02 Å². The first-order valence-electron chi connectivity index (χ1n) is 6.15. The van der Waals surface area contributed by atoms with Crippen LogP contribution in [0.1, 0.15) is 17.5 Å². The van der Waals surface area contributed by atoms with Gasteiger partial charge in [0, 0.05) is 5.75 Å². The van der Waals surface area contributed by atoms with Crippen LogP contribution < -0.4 is 5.32 Å². The third-order valence-corrected chi connectivity index (χ3v) is 3.86. The minimum Gasteiger partial charge on any atom is -0.469 e. The van der Waals surface area contributed by atoms with Crippen molar-refractivity contribution < 1.29 is 14.3 Å². The summed E-state index contributed by atoms with van der Waals surface area (Å²) in [6.07, 6.45) is 0.304. The van der Waals surface area contributed by atoms with Gasteiger partial charge in [0.25, 0.3) is 0 Å². The minimum absolute atomic E-state index is 0.131. The van der Waals surface area contributed by atoms with Gasteiger partial charge in [-0.25, -0.2) is 0 Å². The van der Waals surface area contributed by atoms with Crippen molar-refractivity contribution in [2.24, 2.45) is 0 Å². The van der Waals surface area contributed by atoms with E-state index < -0.39 is 0 Å². The fourth-order valence-electron chi connectivity index (χ4n) is 1.67. The number of hydrogen-bond donors (Lipinski definition) is 1. The van der Waals surface area contributed by atoms with Crippen LogP contribution >= 0.6 is 23.4 Å². The molecule has 20 heavy (non-hydrogen) atoms. The van der Waals surface area contributed by atoms with Crippen molar-refractivity contribution in [3.05, 3.63) is 28.3 Å². The summed E-state index contributed by atoms with van der Waals surface area (Å²) in [4.78, 5) is 22.7. The molecule has 1 aromatic carbocycles. The summed E-state index contributed by atoms with van der Waals surface area (Å²) in [6.45, 7) is 3.85. The Morgan fingerprint density at radius 3 is 2.65 bits per heavy atom. The normalized spacial score (nSPS) is 10.2. The molecule has 0 radical (unpaired) electrons. The molecule has 0 atom stereocenters. The van der Waals surface area contributed by atoms with Crippen molar-refractivity contribution in [2.45, 2.75) is 20.3 Å². The number of halogens is 1. The van der Waals surface area contributed by atoms with Crippen LogP contribution in [0.5, 0.6) is 0 Å². The van der Waals surface area contributed by atoms with E-state index in [2.05, 4.69) is 10.1 Å². The van der Waals surface area contributed by atoms with Gasteiger partial charge in [-0.15, -0.1) is 0 Å².